The van der Waals surface area contributed by atoms with Crippen molar-refractivity contribution in [2.75, 3.05) is 13.7 Å². The van der Waals surface area contributed by atoms with Gasteiger partial charge >= 0.3 is 5.97 Å². The molecule has 6 heteroatoms. The molecule has 6 nitrogen and oxygen atoms in total. The van der Waals surface area contributed by atoms with E-state index in [-0.39, 0.29) is 6.42 Å². The van der Waals surface area contributed by atoms with Crippen LogP contribution in [0.5, 0.6) is 0 Å². The van der Waals surface area contributed by atoms with Gasteiger partial charge in [-0.25, -0.2) is 0 Å². The van der Waals surface area contributed by atoms with Crippen LogP contribution in [0.2, 0.25) is 0 Å². The fourth-order valence-corrected chi connectivity index (χ4v) is 2.07. The average Bonchev–Trinajstić information content (AvgIpc) is 2.93. The summed E-state index contributed by atoms with van der Waals surface area (Å²) in [5, 5.41) is 13.4. The summed E-state index contributed by atoms with van der Waals surface area (Å²) in [5.74, 6) is -0.0900. The van der Waals surface area contributed by atoms with Crippen molar-refractivity contribution in [1.29, 1.82) is 0 Å². The second-order valence-corrected chi connectivity index (χ2v) is 5.03. The van der Waals surface area contributed by atoms with Crippen molar-refractivity contribution in [2.24, 2.45) is 0 Å². The molecule has 1 unspecified atom stereocenters. The smallest absolute Gasteiger partial charge is 0.314 e. The fraction of sp³-hybridized carbons (Fsp3) is 0.400. The van der Waals surface area contributed by atoms with Crippen LogP contribution >= 0.6 is 0 Å². The number of methoxy groups -OCH3 is 1. The molecular weight excluding hydrogens is 272 g/mol. The number of carboxylic acid groups (broad SMARTS) is 1. The van der Waals surface area contributed by atoms with E-state index in [9.17, 15) is 9.90 Å². The zero-order valence-corrected chi connectivity index (χ0v) is 12.1. The van der Waals surface area contributed by atoms with E-state index in [2.05, 4.69) is 10.1 Å². The predicted octanol–water partition coefficient (Wildman–Crippen LogP) is 1.84. The fourth-order valence-electron chi connectivity index (χ4n) is 2.07. The lowest BCUT2D eigenvalue weighted by Crippen LogP contribution is -2.35. The van der Waals surface area contributed by atoms with Crippen molar-refractivity contribution < 1.29 is 19.2 Å². The van der Waals surface area contributed by atoms with E-state index in [0.29, 0.717) is 30.3 Å². The molecule has 112 valence electrons. The van der Waals surface area contributed by atoms with Crippen molar-refractivity contribution >= 4 is 5.97 Å². The molecule has 0 bridgehead atoms. The molecular formula is C15H18N2O4. The second-order valence-electron chi connectivity index (χ2n) is 5.03. The van der Waals surface area contributed by atoms with E-state index in [1.54, 1.807) is 26.2 Å². The number of benzene rings is 1. The number of carboxylic acids is 1. The lowest BCUT2D eigenvalue weighted by molar-refractivity contribution is -0.143. The molecule has 0 saturated heterocycles. The van der Waals surface area contributed by atoms with Crippen LogP contribution in [0.1, 0.15) is 24.2 Å². The molecule has 0 saturated carbocycles. The standard InChI is InChI=1S/C15H18N2O4/c1-15(14(18)19,11-6-4-3-5-7-11)10-13-16-12(17-21-13)8-9-20-2/h3-7H,8-10H2,1-2H3,(H,18,19). The SMILES string of the molecule is COCCc1noc(CC(C)(C(=O)O)c2ccccc2)n1. The van der Waals surface area contributed by atoms with Crippen molar-refractivity contribution in [1.82, 2.24) is 10.1 Å². The lowest BCUT2D eigenvalue weighted by Gasteiger charge is -2.23. The normalized spacial score (nSPS) is 13.8. The van der Waals surface area contributed by atoms with Gasteiger partial charge in [0.25, 0.3) is 0 Å². The first-order valence-corrected chi connectivity index (χ1v) is 6.65. The number of ether oxygens (including phenoxy) is 1. The highest BCUT2D eigenvalue weighted by molar-refractivity contribution is 5.81. The maximum atomic E-state index is 11.7. The molecule has 2 rings (SSSR count). The molecule has 1 aromatic carbocycles. The van der Waals surface area contributed by atoms with E-state index in [1.165, 1.54) is 0 Å². The first-order chi connectivity index (χ1) is 10.1. The molecule has 1 N–H and O–H groups in total. The Kier molecular flexibility index (Phi) is 4.70. The van der Waals surface area contributed by atoms with E-state index in [0.717, 1.165) is 0 Å². The van der Waals surface area contributed by atoms with Gasteiger partial charge in [-0.05, 0) is 12.5 Å². The third kappa shape index (κ3) is 3.46. The van der Waals surface area contributed by atoms with Crippen LogP contribution in [0, 0.1) is 0 Å². The molecule has 0 radical (unpaired) electrons. The number of carbonyl (C=O) groups is 1. The first-order valence-electron chi connectivity index (χ1n) is 6.65. The van der Waals surface area contributed by atoms with Crippen LogP contribution in [0.3, 0.4) is 0 Å². The van der Waals surface area contributed by atoms with Crippen LogP contribution < -0.4 is 0 Å². The molecule has 1 heterocycles. The van der Waals surface area contributed by atoms with Gasteiger partial charge in [0, 0.05) is 20.0 Å². The van der Waals surface area contributed by atoms with Crippen LogP contribution in [-0.4, -0.2) is 34.9 Å². The maximum absolute atomic E-state index is 11.7. The van der Waals surface area contributed by atoms with Crippen LogP contribution in [0.4, 0.5) is 0 Å². The largest absolute Gasteiger partial charge is 0.481 e. The summed E-state index contributed by atoms with van der Waals surface area (Å²) in [7, 11) is 1.60. The Morgan fingerprint density at radius 1 is 1.38 bits per heavy atom. The number of rotatable bonds is 7. The Hall–Kier alpha value is -2.21. The Balaban J connectivity index is 2.21. The zero-order valence-electron chi connectivity index (χ0n) is 12.1. The van der Waals surface area contributed by atoms with Crippen molar-refractivity contribution in [3.05, 3.63) is 47.6 Å². The summed E-state index contributed by atoms with van der Waals surface area (Å²) in [6.45, 7) is 2.15. The van der Waals surface area contributed by atoms with Gasteiger partial charge in [-0.15, -0.1) is 0 Å². The molecule has 0 fully saturated rings. The second kappa shape index (κ2) is 6.49. The monoisotopic (exact) mass is 290 g/mol. The Bertz CT molecular complexity index is 597. The molecule has 0 aliphatic carbocycles. The van der Waals surface area contributed by atoms with Crippen LogP contribution in [-0.2, 0) is 27.8 Å². The van der Waals surface area contributed by atoms with Gasteiger partial charge in [0.15, 0.2) is 5.82 Å². The predicted molar refractivity (Wildman–Crippen MR) is 75.0 cm³/mol. The highest BCUT2D eigenvalue weighted by Crippen LogP contribution is 2.28. The average molecular weight is 290 g/mol. The summed E-state index contributed by atoms with van der Waals surface area (Å²) in [5.41, 5.74) is -0.402. The molecule has 0 amide bonds. The summed E-state index contributed by atoms with van der Waals surface area (Å²) < 4.78 is 10.1. The molecule has 0 aliphatic heterocycles. The third-order valence-corrected chi connectivity index (χ3v) is 3.43. The Labute approximate surface area is 122 Å². The lowest BCUT2D eigenvalue weighted by atomic mass is 9.79. The van der Waals surface area contributed by atoms with Crippen molar-refractivity contribution in [3.63, 3.8) is 0 Å². The van der Waals surface area contributed by atoms with Gasteiger partial charge in [-0.2, -0.15) is 4.98 Å². The van der Waals surface area contributed by atoms with E-state index in [1.807, 2.05) is 18.2 Å². The summed E-state index contributed by atoms with van der Waals surface area (Å²) >= 11 is 0. The first kappa shape index (κ1) is 15.2. The van der Waals surface area contributed by atoms with Gasteiger partial charge in [0.05, 0.1) is 12.0 Å². The highest BCUT2D eigenvalue weighted by atomic mass is 16.5. The van der Waals surface area contributed by atoms with E-state index >= 15 is 0 Å². The van der Waals surface area contributed by atoms with Crippen LogP contribution in [0.25, 0.3) is 0 Å². The molecule has 0 spiro atoms. The zero-order chi connectivity index (χ0) is 15.3. The Morgan fingerprint density at radius 3 is 2.71 bits per heavy atom. The van der Waals surface area contributed by atoms with Gasteiger partial charge < -0.3 is 14.4 Å². The summed E-state index contributed by atoms with van der Waals surface area (Å²) in [6.07, 6.45) is 0.682. The molecule has 1 atom stereocenters. The topological polar surface area (TPSA) is 85.5 Å². The van der Waals surface area contributed by atoms with Gasteiger partial charge in [0.1, 0.15) is 0 Å². The van der Waals surface area contributed by atoms with Crippen LogP contribution in [0.15, 0.2) is 34.9 Å². The van der Waals surface area contributed by atoms with Crippen molar-refractivity contribution in [3.8, 4) is 0 Å². The number of nitrogens with zero attached hydrogens (tertiary/aromatic N) is 2. The molecule has 2 aromatic rings. The molecule has 1 aromatic heterocycles. The van der Waals surface area contributed by atoms with Gasteiger partial charge in [-0.1, -0.05) is 35.5 Å². The minimum atomic E-state index is -1.10. The molecule has 21 heavy (non-hydrogen) atoms. The number of aliphatic carboxylic acids is 1. The van der Waals surface area contributed by atoms with Crippen molar-refractivity contribution in [2.45, 2.75) is 25.2 Å². The van der Waals surface area contributed by atoms with E-state index in [4.69, 9.17) is 9.26 Å². The van der Waals surface area contributed by atoms with Gasteiger partial charge in [0.2, 0.25) is 5.89 Å². The minimum absolute atomic E-state index is 0.145. The quantitative estimate of drug-likeness (QED) is 0.837. The Morgan fingerprint density at radius 2 is 2.10 bits per heavy atom. The molecule has 0 aliphatic rings. The third-order valence-electron chi connectivity index (χ3n) is 3.43. The van der Waals surface area contributed by atoms with Gasteiger partial charge in [-0.3, -0.25) is 4.79 Å². The summed E-state index contributed by atoms with van der Waals surface area (Å²) in [6, 6.07) is 9.05. The number of hydrogen-bond donors (Lipinski definition) is 1. The summed E-state index contributed by atoms with van der Waals surface area (Å²) in [4.78, 5) is 15.9. The maximum Gasteiger partial charge on any atom is 0.314 e. The minimum Gasteiger partial charge on any atom is -0.481 e. The number of aromatic nitrogens is 2. The number of hydrogen-bond acceptors (Lipinski definition) is 5. The van der Waals surface area contributed by atoms with E-state index < -0.39 is 11.4 Å². The highest BCUT2D eigenvalue weighted by Gasteiger charge is 2.37.